The molecule has 3 aromatic rings. The predicted molar refractivity (Wildman–Crippen MR) is 102 cm³/mol. The van der Waals surface area contributed by atoms with Gasteiger partial charge in [0.25, 0.3) is 0 Å². The Bertz CT molecular complexity index is 1000. The molecule has 0 fully saturated rings. The summed E-state index contributed by atoms with van der Waals surface area (Å²) in [4.78, 5) is 22.7. The van der Waals surface area contributed by atoms with E-state index in [-0.39, 0.29) is 17.2 Å². The van der Waals surface area contributed by atoms with Gasteiger partial charge in [0.2, 0.25) is 5.75 Å². The van der Waals surface area contributed by atoms with Crippen LogP contribution < -0.4 is 9.47 Å². The average Bonchev–Trinajstić information content (AvgIpc) is 3.15. The predicted octanol–water partition coefficient (Wildman–Crippen LogP) is 3.19. The van der Waals surface area contributed by atoms with Crippen LogP contribution in [0.15, 0.2) is 53.9 Å². The van der Waals surface area contributed by atoms with Crippen molar-refractivity contribution in [1.29, 1.82) is 0 Å². The van der Waals surface area contributed by atoms with Gasteiger partial charge < -0.3 is 9.47 Å². The minimum Gasteiger partial charge on any atom is -0.496 e. The van der Waals surface area contributed by atoms with Gasteiger partial charge in [0, 0.05) is 5.69 Å². The lowest BCUT2D eigenvalue weighted by atomic mass is 10.2. The van der Waals surface area contributed by atoms with E-state index in [2.05, 4.69) is 10.2 Å². The fourth-order valence-electron chi connectivity index (χ4n) is 2.33. The van der Waals surface area contributed by atoms with Crippen LogP contribution in [-0.2, 0) is 4.79 Å². The first-order valence-corrected chi connectivity index (χ1v) is 9.09. The van der Waals surface area contributed by atoms with Crippen LogP contribution in [-0.4, -0.2) is 38.5 Å². The molecular formula is C18H16N4O5S. The monoisotopic (exact) mass is 400 g/mol. The van der Waals surface area contributed by atoms with Gasteiger partial charge in [0.15, 0.2) is 5.16 Å². The number of methoxy groups -OCH3 is 1. The molecule has 10 heteroatoms. The van der Waals surface area contributed by atoms with Gasteiger partial charge in [0.1, 0.15) is 12.1 Å². The quantitative estimate of drug-likeness (QED) is 0.196. The lowest BCUT2D eigenvalue weighted by Gasteiger charge is -2.08. The zero-order chi connectivity index (χ0) is 20.1. The Morgan fingerprint density at radius 1 is 1.25 bits per heavy atom. The first kappa shape index (κ1) is 19.4. The topological polar surface area (TPSA) is 109 Å². The summed E-state index contributed by atoms with van der Waals surface area (Å²) in [5.74, 6) is -0.575. The van der Waals surface area contributed by atoms with Crippen LogP contribution in [0.2, 0.25) is 0 Å². The van der Waals surface area contributed by atoms with Crippen molar-refractivity contribution >= 4 is 23.4 Å². The van der Waals surface area contributed by atoms with E-state index < -0.39 is 10.9 Å². The van der Waals surface area contributed by atoms with Gasteiger partial charge in [-0.1, -0.05) is 29.5 Å². The minimum atomic E-state index is -0.642. The molecule has 0 aliphatic rings. The molecule has 0 bridgehead atoms. The average molecular weight is 400 g/mol. The highest BCUT2D eigenvalue weighted by atomic mass is 32.2. The zero-order valence-corrected chi connectivity index (χ0v) is 15.9. The van der Waals surface area contributed by atoms with Crippen molar-refractivity contribution in [3.05, 3.63) is 64.5 Å². The number of aromatic nitrogens is 3. The molecule has 28 heavy (non-hydrogen) atoms. The highest BCUT2D eigenvalue weighted by Gasteiger charge is 2.20. The number of nitro groups is 1. The van der Waals surface area contributed by atoms with E-state index in [1.54, 1.807) is 10.9 Å². The molecule has 0 unspecified atom stereocenters. The second-order valence-electron chi connectivity index (χ2n) is 5.67. The molecule has 0 saturated carbocycles. The molecular weight excluding hydrogens is 384 g/mol. The van der Waals surface area contributed by atoms with Crippen LogP contribution >= 0.6 is 11.8 Å². The molecule has 0 radical (unpaired) electrons. The van der Waals surface area contributed by atoms with E-state index in [0.29, 0.717) is 10.9 Å². The Hall–Kier alpha value is -3.40. The Morgan fingerprint density at radius 3 is 2.68 bits per heavy atom. The summed E-state index contributed by atoms with van der Waals surface area (Å²) in [6.07, 6.45) is 1.55. The zero-order valence-electron chi connectivity index (χ0n) is 15.1. The maximum absolute atomic E-state index is 12.2. The van der Waals surface area contributed by atoms with Crippen LogP contribution in [0.1, 0.15) is 5.56 Å². The summed E-state index contributed by atoms with van der Waals surface area (Å²) in [7, 11) is 1.39. The summed E-state index contributed by atoms with van der Waals surface area (Å²) >= 11 is 1.12. The standard InChI is InChI=1S/C18H16N4O5S/c1-12-3-5-13(6-4-12)21-11-19-20-18(21)28-10-17(23)27-16-8-7-14(26-2)9-15(16)22(24)25/h3-9,11H,10H2,1-2H3. The maximum Gasteiger partial charge on any atom is 0.322 e. The molecule has 0 amide bonds. The van der Waals surface area contributed by atoms with E-state index in [9.17, 15) is 14.9 Å². The van der Waals surface area contributed by atoms with Crippen LogP contribution in [0.25, 0.3) is 5.69 Å². The van der Waals surface area contributed by atoms with Gasteiger partial charge in [-0.05, 0) is 31.2 Å². The molecule has 0 atom stereocenters. The van der Waals surface area contributed by atoms with Crippen molar-refractivity contribution < 1.29 is 19.2 Å². The number of rotatable bonds is 7. The fourth-order valence-corrected chi connectivity index (χ4v) is 3.04. The molecule has 3 rings (SSSR count). The SMILES string of the molecule is COc1ccc(OC(=O)CSc2nncn2-c2ccc(C)cc2)c([N+](=O)[O-])c1. The number of esters is 1. The fraction of sp³-hybridized carbons (Fsp3) is 0.167. The second kappa shape index (κ2) is 8.53. The normalized spacial score (nSPS) is 10.5. The Kier molecular flexibility index (Phi) is 5.90. The molecule has 0 spiro atoms. The number of ether oxygens (including phenoxy) is 2. The number of carbonyl (C=O) groups excluding carboxylic acids is 1. The van der Waals surface area contributed by atoms with Gasteiger partial charge in [-0.3, -0.25) is 19.5 Å². The number of hydrogen-bond acceptors (Lipinski definition) is 8. The summed E-state index contributed by atoms with van der Waals surface area (Å²) in [5.41, 5.74) is 1.63. The number of hydrogen-bond donors (Lipinski definition) is 0. The summed E-state index contributed by atoms with van der Waals surface area (Å²) in [6, 6.07) is 11.8. The van der Waals surface area contributed by atoms with E-state index in [1.165, 1.54) is 25.3 Å². The summed E-state index contributed by atoms with van der Waals surface area (Å²) in [5, 5.41) is 19.6. The number of thioether (sulfide) groups is 1. The summed E-state index contributed by atoms with van der Waals surface area (Å²) in [6.45, 7) is 1.99. The molecule has 0 saturated heterocycles. The third-order valence-electron chi connectivity index (χ3n) is 3.73. The third-order valence-corrected chi connectivity index (χ3v) is 4.65. The van der Waals surface area contributed by atoms with E-state index >= 15 is 0 Å². The molecule has 0 aliphatic heterocycles. The van der Waals surface area contributed by atoms with Crippen LogP contribution in [0.4, 0.5) is 5.69 Å². The van der Waals surface area contributed by atoms with Crippen molar-refractivity contribution in [3.8, 4) is 17.2 Å². The van der Waals surface area contributed by atoms with Crippen molar-refractivity contribution in [3.63, 3.8) is 0 Å². The Morgan fingerprint density at radius 2 is 2.00 bits per heavy atom. The number of aryl methyl sites for hydroxylation is 1. The summed E-state index contributed by atoms with van der Waals surface area (Å²) < 4.78 is 11.9. The number of nitro benzene ring substituents is 1. The number of nitrogens with zero attached hydrogens (tertiary/aromatic N) is 4. The Balaban J connectivity index is 1.68. The highest BCUT2D eigenvalue weighted by Crippen LogP contribution is 2.31. The van der Waals surface area contributed by atoms with Crippen molar-refractivity contribution in [1.82, 2.24) is 14.8 Å². The first-order chi connectivity index (χ1) is 13.5. The van der Waals surface area contributed by atoms with Gasteiger partial charge >= 0.3 is 11.7 Å². The van der Waals surface area contributed by atoms with Gasteiger partial charge in [-0.2, -0.15) is 0 Å². The molecule has 9 nitrogen and oxygen atoms in total. The van der Waals surface area contributed by atoms with Crippen molar-refractivity contribution in [2.75, 3.05) is 12.9 Å². The van der Waals surface area contributed by atoms with E-state index in [0.717, 1.165) is 23.0 Å². The first-order valence-electron chi connectivity index (χ1n) is 8.11. The van der Waals surface area contributed by atoms with Gasteiger partial charge in [-0.25, -0.2) is 0 Å². The van der Waals surface area contributed by atoms with Crippen LogP contribution in [0.5, 0.6) is 11.5 Å². The highest BCUT2D eigenvalue weighted by molar-refractivity contribution is 7.99. The van der Waals surface area contributed by atoms with E-state index in [4.69, 9.17) is 9.47 Å². The van der Waals surface area contributed by atoms with Crippen molar-refractivity contribution in [2.45, 2.75) is 12.1 Å². The van der Waals surface area contributed by atoms with E-state index in [1.807, 2.05) is 31.2 Å². The number of benzene rings is 2. The van der Waals surface area contributed by atoms with Crippen LogP contribution in [0.3, 0.4) is 0 Å². The lowest BCUT2D eigenvalue weighted by Crippen LogP contribution is -2.12. The third kappa shape index (κ3) is 4.46. The molecule has 2 aromatic carbocycles. The largest absolute Gasteiger partial charge is 0.496 e. The molecule has 1 aromatic heterocycles. The maximum atomic E-state index is 12.2. The van der Waals surface area contributed by atoms with Gasteiger partial charge in [0.05, 0.1) is 23.9 Å². The number of carbonyl (C=O) groups is 1. The second-order valence-corrected chi connectivity index (χ2v) is 6.62. The van der Waals surface area contributed by atoms with Crippen LogP contribution in [0, 0.1) is 17.0 Å². The molecule has 0 N–H and O–H groups in total. The van der Waals surface area contributed by atoms with Crippen molar-refractivity contribution in [2.24, 2.45) is 0 Å². The smallest absolute Gasteiger partial charge is 0.322 e. The molecule has 1 heterocycles. The lowest BCUT2D eigenvalue weighted by molar-refractivity contribution is -0.385. The minimum absolute atomic E-state index is 0.0895. The molecule has 0 aliphatic carbocycles. The molecule has 144 valence electrons. The Labute approximate surface area is 164 Å². The van der Waals surface area contributed by atoms with Gasteiger partial charge in [-0.15, -0.1) is 10.2 Å².